The average Bonchev–Trinajstić information content (AvgIpc) is 2.20. The molecule has 0 aliphatic rings. The Hall–Kier alpha value is -1.54. The third kappa shape index (κ3) is 2.17. The van der Waals surface area contributed by atoms with Crippen LogP contribution in [0.3, 0.4) is 0 Å². The number of aryl methyl sites for hydroxylation is 2. The van der Waals surface area contributed by atoms with Crippen LogP contribution < -0.4 is 5.56 Å². The third-order valence-corrected chi connectivity index (χ3v) is 2.86. The number of H-pyrrole nitrogens is 1. The number of benzene rings is 1. The zero-order chi connectivity index (χ0) is 11.7. The van der Waals surface area contributed by atoms with Crippen LogP contribution in [0.25, 0.3) is 11.1 Å². The Morgan fingerprint density at radius 3 is 2.38 bits per heavy atom. The highest BCUT2D eigenvalue weighted by molar-refractivity contribution is 6.29. The first kappa shape index (κ1) is 11.0. The van der Waals surface area contributed by atoms with Crippen LogP contribution in [0.4, 0.5) is 0 Å². The van der Waals surface area contributed by atoms with Gasteiger partial charge >= 0.3 is 0 Å². The molecule has 82 valence electrons. The first-order valence-electron chi connectivity index (χ1n) is 5.04. The molecule has 16 heavy (non-hydrogen) atoms. The zero-order valence-electron chi connectivity index (χ0n) is 9.17. The quantitative estimate of drug-likeness (QED) is 0.754. The molecule has 0 amide bonds. The Balaban J connectivity index is 2.58. The van der Waals surface area contributed by atoms with Gasteiger partial charge in [-0.15, -0.1) is 0 Å². The fourth-order valence-corrected chi connectivity index (χ4v) is 1.81. The Morgan fingerprint density at radius 1 is 1.00 bits per heavy atom. The number of aromatic amines is 1. The lowest BCUT2D eigenvalue weighted by molar-refractivity contribution is 1.24. The summed E-state index contributed by atoms with van der Waals surface area (Å²) in [5, 5.41) is 0.362. The lowest BCUT2D eigenvalue weighted by Gasteiger charge is -2.05. The molecule has 2 aromatic rings. The first-order valence-corrected chi connectivity index (χ1v) is 5.41. The van der Waals surface area contributed by atoms with Crippen molar-refractivity contribution in [2.24, 2.45) is 0 Å². The summed E-state index contributed by atoms with van der Waals surface area (Å²) in [6, 6.07) is 9.40. The molecule has 1 N–H and O–H groups in total. The molecule has 0 saturated heterocycles. The molecule has 1 aromatic heterocycles. The van der Waals surface area contributed by atoms with Crippen molar-refractivity contribution in [3.8, 4) is 11.1 Å². The highest BCUT2D eigenvalue weighted by atomic mass is 35.5. The minimum absolute atomic E-state index is 0.180. The molecule has 0 aliphatic heterocycles. The molecule has 0 aliphatic carbocycles. The molecule has 3 heteroatoms. The third-order valence-electron chi connectivity index (χ3n) is 2.65. The van der Waals surface area contributed by atoms with Crippen molar-refractivity contribution in [3.05, 3.63) is 57.0 Å². The van der Waals surface area contributed by atoms with Crippen molar-refractivity contribution in [2.45, 2.75) is 13.8 Å². The number of halogens is 1. The summed E-state index contributed by atoms with van der Waals surface area (Å²) >= 11 is 5.82. The van der Waals surface area contributed by atoms with Gasteiger partial charge in [0.05, 0.1) is 0 Å². The van der Waals surface area contributed by atoms with E-state index in [0.717, 1.165) is 11.1 Å². The standard InChI is InChI=1S/C13H12ClNO/c1-8-3-4-10(5-9(8)2)11-6-12(14)15-13(16)7-11/h3-7H,1-2H3,(H,15,16). The molecule has 1 aromatic carbocycles. The van der Waals surface area contributed by atoms with Crippen LogP contribution >= 0.6 is 11.6 Å². The molecule has 0 spiro atoms. The summed E-state index contributed by atoms with van der Waals surface area (Å²) in [5.74, 6) is 0. The summed E-state index contributed by atoms with van der Waals surface area (Å²) in [7, 11) is 0. The molecule has 2 nitrogen and oxygen atoms in total. The van der Waals surface area contributed by atoms with Gasteiger partial charge in [0.25, 0.3) is 0 Å². The van der Waals surface area contributed by atoms with E-state index in [9.17, 15) is 4.79 Å². The van der Waals surface area contributed by atoms with Gasteiger partial charge in [0.2, 0.25) is 5.56 Å². The maximum Gasteiger partial charge on any atom is 0.249 e. The van der Waals surface area contributed by atoms with Gasteiger partial charge in [0.15, 0.2) is 0 Å². The first-order chi connectivity index (χ1) is 7.56. The normalized spacial score (nSPS) is 10.4. The van der Waals surface area contributed by atoms with Crippen LogP contribution in [-0.4, -0.2) is 4.98 Å². The van der Waals surface area contributed by atoms with Gasteiger partial charge in [-0.05, 0) is 42.2 Å². The van der Waals surface area contributed by atoms with E-state index < -0.39 is 0 Å². The molecule has 0 radical (unpaired) electrons. The topological polar surface area (TPSA) is 32.9 Å². The van der Waals surface area contributed by atoms with E-state index in [4.69, 9.17) is 11.6 Å². The van der Waals surface area contributed by atoms with E-state index >= 15 is 0 Å². The molecule has 0 saturated carbocycles. The molecular formula is C13H12ClNO. The van der Waals surface area contributed by atoms with Crippen LogP contribution in [0.1, 0.15) is 11.1 Å². The Bertz CT molecular complexity index is 587. The van der Waals surface area contributed by atoms with Gasteiger partial charge in [-0.3, -0.25) is 4.79 Å². The van der Waals surface area contributed by atoms with Gasteiger partial charge in [-0.25, -0.2) is 0 Å². The van der Waals surface area contributed by atoms with Crippen LogP contribution in [0.2, 0.25) is 5.15 Å². The maximum absolute atomic E-state index is 11.3. The molecule has 1 heterocycles. The van der Waals surface area contributed by atoms with Gasteiger partial charge < -0.3 is 4.98 Å². The fraction of sp³-hybridized carbons (Fsp3) is 0.154. The lowest BCUT2D eigenvalue weighted by Crippen LogP contribution is -2.03. The van der Waals surface area contributed by atoms with Gasteiger partial charge in [-0.1, -0.05) is 29.8 Å². The van der Waals surface area contributed by atoms with Crippen molar-refractivity contribution < 1.29 is 0 Å². The van der Waals surface area contributed by atoms with Crippen molar-refractivity contribution >= 4 is 11.6 Å². The minimum atomic E-state index is -0.180. The van der Waals surface area contributed by atoms with E-state index in [1.807, 2.05) is 19.1 Å². The van der Waals surface area contributed by atoms with Gasteiger partial charge in [-0.2, -0.15) is 0 Å². The zero-order valence-corrected chi connectivity index (χ0v) is 9.93. The minimum Gasteiger partial charge on any atom is -0.313 e. The Kier molecular flexibility index (Phi) is 2.84. The van der Waals surface area contributed by atoms with E-state index in [1.54, 1.807) is 12.1 Å². The van der Waals surface area contributed by atoms with Crippen LogP contribution in [0.5, 0.6) is 0 Å². The van der Waals surface area contributed by atoms with Crippen molar-refractivity contribution in [2.75, 3.05) is 0 Å². The molecule has 0 unspecified atom stereocenters. The second-order valence-corrected chi connectivity index (χ2v) is 4.29. The lowest BCUT2D eigenvalue weighted by atomic mass is 10.0. The van der Waals surface area contributed by atoms with E-state index in [0.29, 0.717) is 5.15 Å². The molecule has 0 fully saturated rings. The fourth-order valence-electron chi connectivity index (χ4n) is 1.60. The number of pyridine rings is 1. The van der Waals surface area contributed by atoms with E-state index in [-0.39, 0.29) is 5.56 Å². The largest absolute Gasteiger partial charge is 0.313 e. The Labute approximate surface area is 98.9 Å². The van der Waals surface area contributed by atoms with E-state index in [2.05, 4.69) is 18.0 Å². The average molecular weight is 234 g/mol. The predicted molar refractivity (Wildman–Crippen MR) is 67.0 cm³/mol. The van der Waals surface area contributed by atoms with Crippen molar-refractivity contribution in [3.63, 3.8) is 0 Å². The summed E-state index contributed by atoms with van der Waals surface area (Å²) in [6.45, 7) is 4.11. The van der Waals surface area contributed by atoms with Crippen LogP contribution in [0.15, 0.2) is 35.1 Å². The second-order valence-electron chi connectivity index (χ2n) is 3.88. The van der Waals surface area contributed by atoms with Crippen molar-refractivity contribution in [1.29, 1.82) is 0 Å². The molecule has 0 bridgehead atoms. The smallest absolute Gasteiger partial charge is 0.249 e. The predicted octanol–water partition coefficient (Wildman–Crippen LogP) is 3.31. The number of rotatable bonds is 1. The maximum atomic E-state index is 11.3. The molecular weight excluding hydrogens is 222 g/mol. The number of nitrogens with one attached hydrogen (secondary N) is 1. The number of hydrogen-bond donors (Lipinski definition) is 1. The van der Waals surface area contributed by atoms with Crippen molar-refractivity contribution in [1.82, 2.24) is 4.98 Å². The van der Waals surface area contributed by atoms with Crippen LogP contribution in [-0.2, 0) is 0 Å². The van der Waals surface area contributed by atoms with Gasteiger partial charge in [0, 0.05) is 6.07 Å². The monoisotopic (exact) mass is 233 g/mol. The summed E-state index contributed by atoms with van der Waals surface area (Å²) in [5.41, 5.74) is 4.11. The highest BCUT2D eigenvalue weighted by Crippen LogP contribution is 2.22. The SMILES string of the molecule is Cc1ccc(-c2cc(Cl)[nH]c(=O)c2)cc1C. The number of hydrogen-bond acceptors (Lipinski definition) is 1. The Morgan fingerprint density at radius 2 is 1.75 bits per heavy atom. The second kappa shape index (κ2) is 4.14. The summed E-state index contributed by atoms with van der Waals surface area (Å²) in [4.78, 5) is 13.8. The van der Waals surface area contributed by atoms with Gasteiger partial charge in [0.1, 0.15) is 5.15 Å². The van der Waals surface area contributed by atoms with Crippen LogP contribution in [0, 0.1) is 13.8 Å². The summed E-state index contributed by atoms with van der Waals surface area (Å²) < 4.78 is 0. The van der Waals surface area contributed by atoms with E-state index in [1.165, 1.54) is 11.1 Å². The number of aromatic nitrogens is 1. The highest BCUT2D eigenvalue weighted by Gasteiger charge is 2.02. The molecule has 0 atom stereocenters. The molecule has 2 rings (SSSR count). The summed E-state index contributed by atoms with van der Waals surface area (Å²) in [6.07, 6.45) is 0.